The molecule has 3 aromatic carbocycles. The number of nitrogens with zero attached hydrogens (tertiary/aromatic N) is 4. The van der Waals surface area contributed by atoms with E-state index < -0.39 is 0 Å². The topological polar surface area (TPSA) is 80.0 Å². The van der Waals surface area contributed by atoms with Crippen molar-refractivity contribution in [2.45, 2.75) is 39.5 Å². The molecule has 244 valence electrons. The van der Waals surface area contributed by atoms with Gasteiger partial charge in [-0.3, -0.25) is 9.58 Å². The lowest BCUT2D eigenvalue weighted by molar-refractivity contribution is 0.0336. The molecule has 4 heterocycles. The van der Waals surface area contributed by atoms with Crippen molar-refractivity contribution in [3.63, 3.8) is 0 Å². The lowest BCUT2D eigenvalue weighted by atomic mass is 9.97. The van der Waals surface area contributed by atoms with Crippen LogP contribution < -0.4 is 4.74 Å². The maximum absolute atomic E-state index is 13.8. The smallest absolute Gasteiger partial charge is 0.355 e. The maximum Gasteiger partial charge on any atom is 0.355 e. The summed E-state index contributed by atoms with van der Waals surface area (Å²) in [5.41, 5.74) is 6.76. The van der Waals surface area contributed by atoms with Crippen LogP contribution in [0.2, 0.25) is 0 Å². The average Bonchev–Trinajstić information content (AvgIpc) is 3.56. The van der Waals surface area contributed by atoms with E-state index in [2.05, 4.69) is 51.9 Å². The molecule has 0 amide bonds. The van der Waals surface area contributed by atoms with E-state index in [0.717, 1.165) is 88.2 Å². The molecule has 0 unspecified atom stereocenters. The van der Waals surface area contributed by atoms with Crippen LogP contribution in [0, 0.1) is 0 Å². The van der Waals surface area contributed by atoms with E-state index in [1.54, 1.807) is 0 Å². The van der Waals surface area contributed by atoms with Crippen molar-refractivity contribution in [2.75, 3.05) is 46.1 Å². The summed E-state index contributed by atoms with van der Waals surface area (Å²) in [4.78, 5) is 16.2. The molecule has 2 aromatic heterocycles. The fourth-order valence-electron chi connectivity index (χ4n) is 6.95. The van der Waals surface area contributed by atoms with Crippen molar-refractivity contribution in [3.05, 3.63) is 95.5 Å². The summed E-state index contributed by atoms with van der Waals surface area (Å²) >= 11 is 0. The number of hydrogen-bond donors (Lipinski definition) is 0. The molecule has 1 saturated heterocycles. The highest BCUT2D eigenvalue weighted by Gasteiger charge is 2.29. The zero-order chi connectivity index (χ0) is 32.2. The van der Waals surface area contributed by atoms with Gasteiger partial charge in [0, 0.05) is 55.1 Å². The first-order valence-corrected chi connectivity index (χ1v) is 16.6. The van der Waals surface area contributed by atoms with Crippen molar-refractivity contribution in [2.24, 2.45) is 7.05 Å². The van der Waals surface area contributed by atoms with Crippen LogP contribution in [-0.4, -0.2) is 71.3 Å². The maximum atomic E-state index is 13.8. The van der Waals surface area contributed by atoms with Gasteiger partial charge in [-0.15, -0.1) is 0 Å². The quantitative estimate of drug-likeness (QED) is 0.107. The number of ether oxygens (including phenoxy) is 4. The Balaban J connectivity index is 1.31. The number of aromatic nitrogens is 3. The van der Waals surface area contributed by atoms with Crippen LogP contribution in [-0.2, 0) is 47.4 Å². The lowest BCUT2D eigenvalue weighted by Crippen LogP contribution is -2.35. The molecule has 0 atom stereocenters. The summed E-state index contributed by atoms with van der Waals surface area (Å²) in [5.74, 6) is 0.566. The largest absolute Gasteiger partial charge is 0.493 e. The molecule has 9 nitrogen and oxygen atoms in total. The molecule has 0 bridgehead atoms. The Labute approximate surface area is 275 Å². The van der Waals surface area contributed by atoms with E-state index in [-0.39, 0.29) is 5.97 Å². The van der Waals surface area contributed by atoms with E-state index in [1.165, 1.54) is 0 Å². The van der Waals surface area contributed by atoms with Gasteiger partial charge in [-0.25, -0.2) is 4.79 Å². The highest BCUT2D eigenvalue weighted by molar-refractivity contribution is 6.05. The summed E-state index contributed by atoms with van der Waals surface area (Å²) in [5, 5.41) is 8.34. The minimum Gasteiger partial charge on any atom is -0.493 e. The summed E-state index contributed by atoms with van der Waals surface area (Å²) in [7, 11) is 1.99. The molecule has 7 rings (SSSR count). The molecule has 0 spiro atoms. The molecule has 9 heteroatoms. The third-order valence-corrected chi connectivity index (χ3v) is 9.13. The second-order valence-corrected chi connectivity index (χ2v) is 12.1. The van der Waals surface area contributed by atoms with Crippen LogP contribution in [0.15, 0.2) is 72.8 Å². The predicted octanol–water partition coefficient (Wildman–Crippen LogP) is 6.30. The molecular weight excluding hydrogens is 592 g/mol. The predicted molar refractivity (Wildman–Crippen MR) is 183 cm³/mol. The number of aryl methyl sites for hydroxylation is 2. The molecule has 1 fully saturated rings. The van der Waals surface area contributed by atoms with Crippen molar-refractivity contribution in [1.82, 2.24) is 19.2 Å². The zero-order valence-corrected chi connectivity index (χ0v) is 27.2. The van der Waals surface area contributed by atoms with Crippen molar-refractivity contribution in [3.8, 4) is 16.9 Å². The van der Waals surface area contributed by atoms with Gasteiger partial charge in [0.25, 0.3) is 0 Å². The van der Waals surface area contributed by atoms with Gasteiger partial charge in [0.05, 0.1) is 56.5 Å². The van der Waals surface area contributed by atoms with Crippen LogP contribution >= 0.6 is 0 Å². The van der Waals surface area contributed by atoms with E-state index in [1.807, 2.05) is 49.0 Å². The Morgan fingerprint density at radius 2 is 1.77 bits per heavy atom. The first-order valence-electron chi connectivity index (χ1n) is 16.6. The van der Waals surface area contributed by atoms with E-state index in [9.17, 15) is 4.79 Å². The van der Waals surface area contributed by atoms with Crippen LogP contribution in [0.4, 0.5) is 0 Å². The normalized spacial score (nSPS) is 16.1. The first kappa shape index (κ1) is 31.2. The number of rotatable bonds is 9. The number of benzene rings is 3. The van der Waals surface area contributed by atoms with Crippen molar-refractivity contribution >= 4 is 27.6 Å². The van der Waals surface area contributed by atoms with Gasteiger partial charge in [-0.05, 0) is 36.8 Å². The van der Waals surface area contributed by atoms with Crippen LogP contribution in [0.5, 0.6) is 5.75 Å². The number of esters is 1. The minimum atomic E-state index is -0.306. The number of para-hydroxylation sites is 1. The Kier molecular flexibility index (Phi) is 9.37. The molecule has 5 aromatic rings. The van der Waals surface area contributed by atoms with Gasteiger partial charge < -0.3 is 23.5 Å². The second kappa shape index (κ2) is 14.1. The fraction of sp³-hybridized carbons (Fsp3) is 0.368. The minimum absolute atomic E-state index is 0.303. The number of carbonyl (C=O) groups excluding carboxylic acids is 1. The Bertz CT molecular complexity index is 1910. The van der Waals surface area contributed by atoms with Gasteiger partial charge in [0.15, 0.2) is 0 Å². The third kappa shape index (κ3) is 6.31. The SMILES string of the molecule is CCOC(=O)c1c(CCCOc2cccc3ccccc23)c2cccc3c2n1C/C=C\COCc1c-3c(CN2CCOCC2)nn1C. The molecule has 0 radical (unpaired) electrons. The van der Waals surface area contributed by atoms with Crippen molar-refractivity contribution < 1.29 is 23.7 Å². The monoisotopic (exact) mass is 634 g/mol. The van der Waals surface area contributed by atoms with Crippen LogP contribution in [0.3, 0.4) is 0 Å². The van der Waals surface area contributed by atoms with Gasteiger partial charge in [0.1, 0.15) is 11.4 Å². The summed E-state index contributed by atoms with van der Waals surface area (Å²) in [6, 6.07) is 20.8. The van der Waals surface area contributed by atoms with Crippen LogP contribution in [0.25, 0.3) is 32.8 Å². The molecule has 47 heavy (non-hydrogen) atoms. The highest BCUT2D eigenvalue weighted by Crippen LogP contribution is 2.39. The summed E-state index contributed by atoms with van der Waals surface area (Å²) in [6.45, 7) is 7.99. The zero-order valence-electron chi connectivity index (χ0n) is 27.2. The van der Waals surface area contributed by atoms with Crippen LogP contribution in [0.1, 0.15) is 40.8 Å². The molecule has 0 aliphatic carbocycles. The fourth-order valence-corrected chi connectivity index (χ4v) is 6.95. The second-order valence-electron chi connectivity index (χ2n) is 12.1. The summed E-state index contributed by atoms with van der Waals surface area (Å²) < 4.78 is 27.9. The van der Waals surface area contributed by atoms with Gasteiger partial charge in [-0.1, -0.05) is 66.7 Å². The highest BCUT2D eigenvalue weighted by atomic mass is 16.5. The Morgan fingerprint density at radius 3 is 2.64 bits per heavy atom. The Hall–Kier alpha value is -4.44. The van der Waals surface area contributed by atoms with Gasteiger partial charge >= 0.3 is 5.97 Å². The molecule has 0 saturated carbocycles. The molecule has 2 aliphatic rings. The van der Waals surface area contributed by atoms with E-state index in [4.69, 9.17) is 24.0 Å². The number of allylic oxidation sites excluding steroid dienone is 1. The van der Waals surface area contributed by atoms with Gasteiger partial charge in [0.2, 0.25) is 0 Å². The summed E-state index contributed by atoms with van der Waals surface area (Å²) in [6.07, 6.45) is 5.51. The molecule has 2 aliphatic heterocycles. The Morgan fingerprint density at radius 1 is 0.957 bits per heavy atom. The lowest BCUT2D eigenvalue weighted by Gasteiger charge is -2.26. The standard InChI is InChI=1S/C38H42N4O5/c1-3-46-38(43)37-30(16-10-22-47-34-17-8-12-27-11-4-5-13-28(27)34)29-14-9-15-31-35-32(25-41-19-23-44-24-20-41)39-40(2)33(35)26-45-21-7-6-18-42(37)36(29)31/h4-9,11-15,17H,3,10,16,18-26H2,1-2H3/b7-6-. The number of hydrogen-bond acceptors (Lipinski definition) is 7. The number of carbonyl (C=O) groups is 1. The first-order chi connectivity index (χ1) is 23.1. The third-order valence-electron chi connectivity index (χ3n) is 9.13. The molecule has 0 N–H and O–H groups in total. The van der Waals surface area contributed by atoms with E-state index in [0.29, 0.717) is 51.6 Å². The van der Waals surface area contributed by atoms with Crippen molar-refractivity contribution in [1.29, 1.82) is 0 Å². The van der Waals surface area contributed by atoms with E-state index >= 15 is 0 Å². The number of morpholine rings is 1. The van der Waals surface area contributed by atoms with Gasteiger partial charge in [-0.2, -0.15) is 5.10 Å². The molecular formula is C38H42N4O5. The number of fused-ring (bicyclic) bond motifs is 3. The average molecular weight is 635 g/mol.